The van der Waals surface area contributed by atoms with Crippen LogP contribution in [0.25, 0.3) is 0 Å². The van der Waals surface area contributed by atoms with E-state index in [1.807, 2.05) is 0 Å². The Labute approximate surface area is 183 Å². The summed E-state index contributed by atoms with van der Waals surface area (Å²) in [5.41, 5.74) is 0. The Hall–Kier alpha value is 0.169. The van der Waals surface area contributed by atoms with Gasteiger partial charge in [0, 0.05) is 31.2 Å². The van der Waals surface area contributed by atoms with Gasteiger partial charge >= 0.3 is 34.1 Å². The summed E-state index contributed by atoms with van der Waals surface area (Å²) < 4.78 is 102. The van der Waals surface area contributed by atoms with Gasteiger partial charge in [-0.2, -0.15) is 0 Å². The monoisotopic (exact) mass is 616 g/mol. The van der Waals surface area contributed by atoms with E-state index in [0.29, 0.717) is 0 Å². The van der Waals surface area contributed by atoms with Crippen LogP contribution in [0.5, 0.6) is 0 Å². The fourth-order valence-electron chi connectivity index (χ4n) is 0. The van der Waals surface area contributed by atoms with Gasteiger partial charge in [0.15, 0.2) is 0 Å². The Kier molecular flexibility index (Phi) is 339. The SMILES string of the molecule is O.O.O.O.O.O.O.O.O.O.O.O.O=S(=O)([O-])[O-].O=S(=O)([O-])[O-].O=S(=O)([O-])[O-].[Fe+3].[Fe+3]. The molecule has 0 bridgehead atoms. The molecule has 0 aliphatic heterocycles. The van der Waals surface area contributed by atoms with E-state index in [2.05, 4.69) is 0 Å². The van der Waals surface area contributed by atoms with Crippen LogP contribution < -0.4 is 0 Å². The molecule has 0 atom stereocenters. The van der Waals surface area contributed by atoms with Gasteiger partial charge in [0.1, 0.15) is 0 Å². The molecule has 0 saturated carbocycles. The average molecular weight is 616 g/mol. The molecule has 0 fully saturated rings. The molecule has 0 saturated heterocycles. The normalized spacial score (nSPS) is 6.00. The van der Waals surface area contributed by atoms with Gasteiger partial charge in [0.2, 0.25) is 0 Å². The Bertz CT molecular complexity index is 345. The zero-order chi connectivity index (χ0) is 13.5. The molecule has 0 rings (SSSR count). The maximum atomic E-state index is 8.52. The van der Waals surface area contributed by atoms with Gasteiger partial charge < -0.3 is 93.0 Å². The average Bonchev–Trinajstić information content (AvgIpc) is 1.41. The van der Waals surface area contributed by atoms with Gasteiger partial charge in [-0.1, -0.05) is 0 Å². The zero-order valence-corrected chi connectivity index (χ0v) is 17.5. The first-order valence-electron chi connectivity index (χ1n) is 2.00. The molecule has 2 radical (unpaired) electrons. The first-order valence-corrected chi connectivity index (χ1v) is 6.00. The summed E-state index contributed by atoms with van der Waals surface area (Å²) in [6.07, 6.45) is 0. The van der Waals surface area contributed by atoms with E-state index in [9.17, 15) is 0 Å². The Balaban J connectivity index is -0.00000000400. The Morgan fingerprint density at radius 2 is 0.276 bits per heavy atom. The number of rotatable bonds is 0. The van der Waals surface area contributed by atoms with Crippen molar-refractivity contribution in [1.82, 2.24) is 0 Å². The second-order valence-electron chi connectivity index (χ2n) is 1.22. The summed E-state index contributed by atoms with van der Waals surface area (Å²) >= 11 is 0. The van der Waals surface area contributed by atoms with Gasteiger partial charge in [0.25, 0.3) is 0 Å². The smallest absolute Gasteiger partial charge is 0.759 e. The van der Waals surface area contributed by atoms with Gasteiger partial charge in [-0.15, -0.1) is 0 Å². The summed E-state index contributed by atoms with van der Waals surface area (Å²) in [4.78, 5) is 0. The largest absolute Gasteiger partial charge is 3.00 e. The van der Waals surface area contributed by atoms with Crippen LogP contribution in [0.4, 0.5) is 0 Å². The second-order valence-corrected chi connectivity index (χ2v) is 3.67. The van der Waals surface area contributed by atoms with E-state index in [4.69, 9.17) is 52.6 Å². The molecule has 0 aliphatic rings. The molecule has 29 heteroatoms. The molecular formula is H24Fe2O24S3. The predicted octanol–water partition coefficient (Wildman–Crippen LogP) is -13.9. The number of hydrogen-bond acceptors (Lipinski definition) is 12. The van der Waals surface area contributed by atoms with Crippen molar-refractivity contribution in [3.05, 3.63) is 0 Å². The standard InChI is InChI=1S/2Fe.3H2O4S.12H2O/c;;3*1-5(2,3)4;;;;;;;;;;;;/h;;3*(H2,1,2,3,4);12*1H2/q2*+3;;;;;;;;;;;;;;;/p-6. The van der Waals surface area contributed by atoms with Crippen LogP contribution in [0.3, 0.4) is 0 Å². The van der Waals surface area contributed by atoms with Crippen LogP contribution in [0, 0.1) is 0 Å². The molecule has 29 heavy (non-hydrogen) atoms. The van der Waals surface area contributed by atoms with Crippen molar-refractivity contribution in [2.45, 2.75) is 0 Å². The third kappa shape index (κ3) is 676000. The molecule has 202 valence electrons. The molecule has 0 aromatic rings. The molecule has 0 aromatic carbocycles. The minimum Gasteiger partial charge on any atom is -0.759 e. The summed E-state index contributed by atoms with van der Waals surface area (Å²) in [5, 5.41) is 0. The minimum absolute atomic E-state index is 0. The Morgan fingerprint density at radius 3 is 0.276 bits per heavy atom. The quantitative estimate of drug-likeness (QED) is 0.139. The fourth-order valence-corrected chi connectivity index (χ4v) is 0. The summed E-state index contributed by atoms with van der Waals surface area (Å²) in [6, 6.07) is 0. The third-order valence-electron chi connectivity index (χ3n) is 0. The molecule has 24 nitrogen and oxygen atoms in total. The zero-order valence-electron chi connectivity index (χ0n) is 12.8. The summed E-state index contributed by atoms with van der Waals surface area (Å²) in [6.45, 7) is 0. The van der Waals surface area contributed by atoms with Crippen LogP contribution >= 0.6 is 0 Å². The molecule has 24 N–H and O–H groups in total. The van der Waals surface area contributed by atoms with Crippen molar-refractivity contribution < 1.29 is 152 Å². The van der Waals surface area contributed by atoms with Crippen molar-refractivity contribution in [1.29, 1.82) is 0 Å². The molecule has 0 spiro atoms. The van der Waals surface area contributed by atoms with Crippen LogP contribution in [0.1, 0.15) is 0 Å². The van der Waals surface area contributed by atoms with E-state index in [0.717, 1.165) is 0 Å². The van der Waals surface area contributed by atoms with E-state index >= 15 is 0 Å². The molecule has 0 amide bonds. The van der Waals surface area contributed by atoms with Crippen molar-refractivity contribution in [3.8, 4) is 0 Å². The summed E-state index contributed by atoms with van der Waals surface area (Å²) in [5.74, 6) is 0. The van der Waals surface area contributed by atoms with Gasteiger partial charge in [-0.25, -0.2) is 0 Å². The van der Waals surface area contributed by atoms with Gasteiger partial charge in [0.05, 0.1) is 0 Å². The minimum atomic E-state index is -5.17. The van der Waals surface area contributed by atoms with Crippen LogP contribution in [-0.2, 0) is 65.3 Å². The molecule has 0 aliphatic carbocycles. The maximum Gasteiger partial charge on any atom is 3.00 e. The van der Waals surface area contributed by atoms with E-state index in [1.165, 1.54) is 0 Å². The van der Waals surface area contributed by atoms with Gasteiger partial charge in [-0.05, 0) is 0 Å². The van der Waals surface area contributed by atoms with E-state index < -0.39 is 31.2 Å². The first kappa shape index (κ1) is 156. The molecule has 0 aromatic heterocycles. The fraction of sp³-hybridized carbons (Fsp3) is 0. The van der Waals surface area contributed by atoms with Crippen molar-refractivity contribution >= 4 is 31.2 Å². The van der Waals surface area contributed by atoms with Crippen LogP contribution in [0.15, 0.2) is 0 Å². The van der Waals surface area contributed by atoms with Crippen molar-refractivity contribution in [2.75, 3.05) is 0 Å². The first-order chi connectivity index (χ1) is 6.00. The van der Waals surface area contributed by atoms with Crippen LogP contribution in [0.2, 0.25) is 0 Å². The molecule has 0 heterocycles. The number of hydrogen-bond donors (Lipinski definition) is 0. The van der Waals surface area contributed by atoms with Gasteiger partial charge in [-0.3, -0.25) is 25.3 Å². The Morgan fingerprint density at radius 1 is 0.276 bits per heavy atom. The summed E-state index contributed by atoms with van der Waals surface area (Å²) in [7, 11) is -15.5. The topological polar surface area (TPSA) is 619 Å². The molecule has 0 unspecified atom stereocenters. The third-order valence-corrected chi connectivity index (χ3v) is 0. The van der Waals surface area contributed by atoms with Crippen molar-refractivity contribution in [3.63, 3.8) is 0 Å². The maximum absolute atomic E-state index is 8.52. The second kappa shape index (κ2) is 63.0. The van der Waals surface area contributed by atoms with Crippen LogP contribution in [-0.4, -0.2) is 118 Å². The van der Waals surface area contributed by atoms with Crippen molar-refractivity contribution in [2.24, 2.45) is 0 Å². The van der Waals surface area contributed by atoms with E-state index in [1.54, 1.807) is 0 Å². The molecular weight excluding hydrogens is 592 g/mol. The van der Waals surface area contributed by atoms with E-state index in [-0.39, 0.29) is 99.9 Å². The predicted molar refractivity (Wildman–Crippen MR) is 74.8 cm³/mol.